The maximum Gasteiger partial charge on any atom is 0.321 e. The summed E-state index contributed by atoms with van der Waals surface area (Å²) < 4.78 is 0. The number of likely N-dealkylation sites (N-methyl/N-ethyl adjacent to an activating group) is 1. The molecule has 22 heavy (non-hydrogen) atoms. The van der Waals surface area contributed by atoms with Crippen molar-refractivity contribution in [3.05, 3.63) is 29.3 Å². The molecule has 0 atom stereocenters. The molecule has 0 radical (unpaired) electrons. The molecule has 3 rings (SSSR count). The van der Waals surface area contributed by atoms with Crippen molar-refractivity contribution in [3.8, 4) is 0 Å². The zero-order valence-corrected chi connectivity index (χ0v) is 13.8. The molecule has 1 aromatic rings. The van der Waals surface area contributed by atoms with Gasteiger partial charge in [0.2, 0.25) is 0 Å². The Morgan fingerprint density at radius 1 is 1.09 bits per heavy atom. The summed E-state index contributed by atoms with van der Waals surface area (Å²) in [4.78, 5) is 19.0. The van der Waals surface area contributed by atoms with E-state index in [1.54, 1.807) is 0 Å². The first kappa shape index (κ1) is 15.3. The molecule has 0 unspecified atom stereocenters. The standard InChI is InChI=1S/C17H26N4O/c1-13-4-5-15(10-14(13)2)18-17(22)21-11-16(12-21)20-8-6-19(3)7-9-20/h4-5,10,16H,6-9,11-12H2,1-3H3,(H,18,22). The van der Waals surface area contributed by atoms with Crippen LogP contribution in [-0.4, -0.2) is 73.1 Å². The van der Waals surface area contributed by atoms with Gasteiger partial charge in [0.15, 0.2) is 0 Å². The summed E-state index contributed by atoms with van der Waals surface area (Å²) in [6, 6.07) is 6.62. The first-order valence-electron chi connectivity index (χ1n) is 8.09. The van der Waals surface area contributed by atoms with Crippen molar-refractivity contribution >= 4 is 11.7 Å². The molecule has 2 amide bonds. The SMILES string of the molecule is Cc1ccc(NC(=O)N2CC(N3CCN(C)CC3)C2)cc1C. The molecule has 2 fully saturated rings. The van der Waals surface area contributed by atoms with Gasteiger partial charge in [-0.15, -0.1) is 0 Å². The summed E-state index contributed by atoms with van der Waals surface area (Å²) in [7, 11) is 2.17. The number of nitrogens with one attached hydrogen (secondary N) is 1. The van der Waals surface area contributed by atoms with E-state index in [0.717, 1.165) is 45.0 Å². The van der Waals surface area contributed by atoms with Gasteiger partial charge in [-0.1, -0.05) is 6.07 Å². The molecule has 0 saturated carbocycles. The van der Waals surface area contributed by atoms with E-state index < -0.39 is 0 Å². The summed E-state index contributed by atoms with van der Waals surface area (Å²) in [5, 5.41) is 3.00. The van der Waals surface area contributed by atoms with Gasteiger partial charge in [0.1, 0.15) is 0 Å². The number of hydrogen-bond acceptors (Lipinski definition) is 3. The number of urea groups is 1. The molecule has 5 heteroatoms. The van der Waals surface area contributed by atoms with E-state index in [1.807, 2.05) is 23.1 Å². The van der Waals surface area contributed by atoms with Crippen LogP contribution in [0.2, 0.25) is 0 Å². The van der Waals surface area contributed by atoms with Gasteiger partial charge < -0.3 is 15.1 Å². The van der Waals surface area contributed by atoms with Crippen molar-refractivity contribution in [1.82, 2.24) is 14.7 Å². The number of carbonyl (C=O) groups is 1. The van der Waals surface area contributed by atoms with E-state index in [0.29, 0.717) is 6.04 Å². The lowest BCUT2D eigenvalue weighted by Gasteiger charge is -2.47. The lowest BCUT2D eigenvalue weighted by Crippen LogP contribution is -2.64. The first-order valence-corrected chi connectivity index (χ1v) is 8.09. The van der Waals surface area contributed by atoms with Gasteiger partial charge in [-0.2, -0.15) is 0 Å². The zero-order chi connectivity index (χ0) is 15.7. The molecule has 1 N–H and O–H groups in total. The topological polar surface area (TPSA) is 38.8 Å². The number of benzene rings is 1. The van der Waals surface area contributed by atoms with Crippen molar-refractivity contribution < 1.29 is 4.79 Å². The van der Waals surface area contributed by atoms with Crippen LogP contribution in [0.4, 0.5) is 10.5 Å². The van der Waals surface area contributed by atoms with Crippen molar-refractivity contribution in [2.45, 2.75) is 19.9 Å². The molecular formula is C17H26N4O. The third-order valence-electron chi connectivity index (χ3n) is 4.96. The van der Waals surface area contributed by atoms with Crippen molar-refractivity contribution in [2.24, 2.45) is 0 Å². The lowest BCUT2D eigenvalue weighted by atomic mass is 10.1. The van der Waals surface area contributed by atoms with Gasteiger partial charge >= 0.3 is 6.03 Å². The Balaban J connectivity index is 1.48. The highest BCUT2D eigenvalue weighted by molar-refractivity contribution is 5.90. The van der Waals surface area contributed by atoms with Crippen LogP contribution in [0.15, 0.2) is 18.2 Å². The summed E-state index contributed by atoms with van der Waals surface area (Å²) in [6.45, 7) is 10.3. The van der Waals surface area contributed by atoms with Gasteiger partial charge in [-0.05, 0) is 44.2 Å². The number of likely N-dealkylation sites (tertiary alicyclic amines) is 1. The molecule has 120 valence electrons. The largest absolute Gasteiger partial charge is 0.321 e. The number of nitrogens with zero attached hydrogens (tertiary/aromatic N) is 3. The normalized spacial score (nSPS) is 20.8. The molecule has 0 aromatic heterocycles. The summed E-state index contributed by atoms with van der Waals surface area (Å²) in [5.74, 6) is 0. The van der Waals surface area contributed by atoms with Crippen LogP contribution in [0, 0.1) is 13.8 Å². The molecular weight excluding hydrogens is 276 g/mol. The Labute approximate surface area is 132 Å². The van der Waals surface area contributed by atoms with Crippen molar-refractivity contribution in [2.75, 3.05) is 51.6 Å². The van der Waals surface area contributed by atoms with Crippen LogP contribution in [0.3, 0.4) is 0 Å². The van der Waals surface area contributed by atoms with Crippen LogP contribution in [0.1, 0.15) is 11.1 Å². The molecule has 0 aliphatic carbocycles. The number of anilines is 1. The number of rotatable bonds is 2. The van der Waals surface area contributed by atoms with Crippen LogP contribution in [0.25, 0.3) is 0 Å². The predicted molar refractivity (Wildman–Crippen MR) is 89.4 cm³/mol. The van der Waals surface area contributed by atoms with Crippen LogP contribution < -0.4 is 5.32 Å². The Bertz CT molecular complexity index is 546. The number of piperazine rings is 1. The fourth-order valence-electron chi connectivity index (χ4n) is 3.06. The third kappa shape index (κ3) is 3.25. The van der Waals surface area contributed by atoms with E-state index in [4.69, 9.17) is 0 Å². The first-order chi connectivity index (χ1) is 10.5. The van der Waals surface area contributed by atoms with E-state index in [-0.39, 0.29) is 6.03 Å². The molecule has 5 nitrogen and oxygen atoms in total. The van der Waals surface area contributed by atoms with Gasteiger partial charge in [0.25, 0.3) is 0 Å². The summed E-state index contributed by atoms with van der Waals surface area (Å²) >= 11 is 0. The van der Waals surface area contributed by atoms with E-state index in [1.165, 1.54) is 11.1 Å². The minimum Gasteiger partial charge on any atom is -0.321 e. The monoisotopic (exact) mass is 302 g/mol. The Morgan fingerprint density at radius 3 is 2.41 bits per heavy atom. The second kappa shape index (κ2) is 6.26. The predicted octanol–water partition coefficient (Wildman–Crippen LogP) is 1.77. The quantitative estimate of drug-likeness (QED) is 0.905. The highest BCUT2D eigenvalue weighted by Gasteiger charge is 2.35. The Kier molecular flexibility index (Phi) is 4.36. The minimum absolute atomic E-state index is 0.0219. The molecule has 0 bridgehead atoms. The highest BCUT2D eigenvalue weighted by atomic mass is 16.2. The molecule has 2 saturated heterocycles. The molecule has 2 heterocycles. The fourth-order valence-corrected chi connectivity index (χ4v) is 3.06. The Hall–Kier alpha value is -1.59. The Morgan fingerprint density at radius 2 is 1.77 bits per heavy atom. The maximum absolute atomic E-state index is 12.3. The van der Waals surface area contributed by atoms with E-state index in [2.05, 4.69) is 36.0 Å². The summed E-state index contributed by atoms with van der Waals surface area (Å²) in [5.41, 5.74) is 3.34. The number of aryl methyl sites for hydroxylation is 2. The third-order valence-corrected chi connectivity index (χ3v) is 4.96. The minimum atomic E-state index is 0.0219. The van der Waals surface area contributed by atoms with Gasteiger partial charge in [-0.3, -0.25) is 4.90 Å². The second-order valence-corrected chi connectivity index (χ2v) is 6.63. The zero-order valence-electron chi connectivity index (χ0n) is 13.8. The average Bonchev–Trinajstić information content (AvgIpc) is 2.43. The number of amides is 2. The van der Waals surface area contributed by atoms with E-state index in [9.17, 15) is 4.79 Å². The average molecular weight is 302 g/mol. The van der Waals surface area contributed by atoms with Gasteiger partial charge in [0, 0.05) is 51.0 Å². The van der Waals surface area contributed by atoms with Gasteiger partial charge in [-0.25, -0.2) is 4.79 Å². The van der Waals surface area contributed by atoms with Crippen LogP contribution in [0.5, 0.6) is 0 Å². The van der Waals surface area contributed by atoms with E-state index >= 15 is 0 Å². The smallest absolute Gasteiger partial charge is 0.321 e. The van der Waals surface area contributed by atoms with Crippen LogP contribution in [-0.2, 0) is 0 Å². The van der Waals surface area contributed by atoms with Gasteiger partial charge in [0.05, 0.1) is 0 Å². The second-order valence-electron chi connectivity index (χ2n) is 6.63. The fraction of sp³-hybridized carbons (Fsp3) is 0.588. The number of carbonyl (C=O) groups excluding carboxylic acids is 1. The molecule has 2 aliphatic rings. The summed E-state index contributed by atoms with van der Waals surface area (Å²) in [6.07, 6.45) is 0. The number of hydrogen-bond donors (Lipinski definition) is 1. The van der Waals surface area contributed by atoms with Crippen molar-refractivity contribution in [3.63, 3.8) is 0 Å². The lowest BCUT2D eigenvalue weighted by molar-refractivity contribution is 0.0318. The van der Waals surface area contributed by atoms with Crippen molar-refractivity contribution in [1.29, 1.82) is 0 Å². The molecule has 0 spiro atoms. The molecule has 2 aliphatic heterocycles. The maximum atomic E-state index is 12.3. The van der Waals surface area contributed by atoms with Crippen LogP contribution >= 0.6 is 0 Å². The molecule has 1 aromatic carbocycles. The highest BCUT2D eigenvalue weighted by Crippen LogP contribution is 2.19.